The van der Waals surface area contributed by atoms with Crippen LogP contribution in [0.15, 0.2) is 12.1 Å². The molecule has 2 atom stereocenters. The van der Waals surface area contributed by atoms with Gasteiger partial charge in [-0.05, 0) is 44.7 Å². The van der Waals surface area contributed by atoms with Crippen LogP contribution >= 0.6 is 11.3 Å². The summed E-state index contributed by atoms with van der Waals surface area (Å²) in [4.78, 5) is 5.56. The minimum absolute atomic E-state index is 0.187. The van der Waals surface area contributed by atoms with Crippen LogP contribution in [0.4, 0.5) is 0 Å². The molecule has 0 aliphatic heterocycles. The molecule has 0 radical (unpaired) electrons. The van der Waals surface area contributed by atoms with Crippen molar-refractivity contribution in [3.63, 3.8) is 0 Å². The maximum absolute atomic E-state index is 6.39. The Morgan fingerprint density at radius 3 is 2.35 bits per heavy atom. The molecule has 1 aliphatic rings. The van der Waals surface area contributed by atoms with E-state index in [-0.39, 0.29) is 6.04 Å². The van der Waals surface area contributed by atoms with E-state index in [0.29, 0.717) is 12.0 Å². The SMILES string of the molecule is Cc1ccc(C(C(C)N)N(CC(C)C)C2CCCC2)s1. The molecule has 20 heavy (non-hydrogen) atoms. The van der Waals surface area contributed by atoms with Gasteiger partial charge in [0.15, 0.2) is 0 Å². The average molecular weight is 295 g/mol. The summed E-state index contributed by atoms with van der Waals surface area (Å²) in [6, 6.07) is 5.83. The van der Waals surface area contributed by atoms with Gasteiger partial charge in [-0.2, -0.15) is 0 Å². The number of hydrogen-bond acceptors (Lipinski definition) is 3. The van der Waals surface area contributed by atoms with Crippen LogP contribution in [-0.2, 0) is 0 Å². The first-order chi connectivity index (χ1) is 9.49. The first-order valence-electron chi connectivity index (χ1n) is 8.06. The van der Waals surface area contributed by atoms with Gasteiger partial charge in [-0.3, -0.25) is 4.90 Å². The standard InChI is InChI=1S/C17H30N2S/c1-12(2)11-19(15-7-5-6-8-15)17(14(4)18)16-10-9-13(3)20-16/h9-10,12,14-15,17H,5-8,11,18H2,1-4H3. The van der Waals surface area contributed by atoms with Crippen LogP contribution in [0.3, 0.4) is 0 Å². The highest BCUT2D eigenvalue weighted by Gasteiger charge is 2.32. The minimum Gasteiger partial charge on any atom is -0.326 e. The fourth-order valence-corrected chi connectivity index (χ4v) is 4.60. The molecule has 1 heterocycles. The van der Waals surface area contributed by atoms with Crippen LogP contribution in [0, 0.1) is 12.8 Å². The van der Waals surface area contributed by atoms with Crippen molar-refractivity contribution in [2.24, 2.45) is 11.7 Å². The van der Waals surface area contributed by atoms with Crippen molar-refractivity contribution in [1.82, 2.24) is 4.90 Å². The van der Waals surface area contributed by atoms with E-state index in [2.05, 4.69) is 44.7 Å². The molecular formula is C17H30N2S. The van der Waals surface area contributed by atoms with E-state index < -0.39 is 0 Å². The predicted molar refractivity (Wildman–Crippen MR) is 89.2 cm³/mol. The van der Waals surface area contributed by atoms with Crippen LogP contribution in [0.25, 0.3) is 0 Å². The Balaban J connectivity index is 2.25. The largest absolute Gasteiger partial charge is 0.326 e. The average Bonchev–Trinajstić information content (AvgIpc) is 2.98. The van der Waals surface area contributed by atoms with E-state index in [1.807, 2.05) is 11.3 Å². The summed E-state index contributed by atoms with van der Waals surface area (Å²) in [6.07, 6.45) is 5.46. The van der Waals surface area contributed by atoms with Crippen molar-refractivity contribution in [2.75, 3.05) is 6.54 Å². The highest BCUT2D eigenvalue weighted by atomic mass is 32.1. The fourth-order valence-electron chi connectivity index (χ4n) is 3.48. The maximum Gasteiger partial charge on any atom is 0.0593 e. The second kappa shape index (κ2) is 7.06. The zero-order valence-electron chi connectivity index (χ0n) is 13.4. The van der Waals surface area contributed by atoms with E-state index >= 15 is 0 Å². The lowest BCUT2D eigenvalue weighted by atomic mass is 10.0. The lowest BCUT2D eigenvalue weighted by Gasteiger charge is -2.39. The van der Waals surface area contributed by atoms with Crippen LogP contribution in [0.2, 0.25) is 0 Å². The van der Waals surface area contributed by atoms with Crippen molar-refractivity contribution in [1.29, 1.82) is 0 Å². The Kier molecular flexibility index (Phi) is 5.65. The van der Waals surface area contributed by atoms with Gasteiger partial charge < -0.3 is 5.73 Å². The third kappa shape index (κ3) is 3.84. The molecule has 1 aromatic rings. The lowest BCUT2D eigenvalue weighted by Crippen LogP contribution is -2.45. The zero-order valence-corrected chi connectivity index (χ0v) is 14.2. The van der Waals surface area contributed by atoms with Crippen LogP contribution < -0.4 is 5.73 Å². The van der Waals surface area contributed by atoms with E-state index in [1.54, 1.807) is 0 Å². The van der Waals surface area contributed by atoms with Gasteiger partial charge in [-0.15, -0.1) is 11.3 Å². The Labute approximate surface area is 128 Å². The lowest BCUT2D eigenvalue weighted by molar-refractivity contribution is 0.106. The van der Waals surface area contributed by atoms with Crippen molar-refractivity contribution in [2.45, 2.75) is 71.5 Å². The molecule has 2 nitrogen and oxygen atoms in total. The third-order valence-electron chi connectivity index (χ3n) is 4.28. The first-order valence-corrected chi connectivity index (χ1v) is 8.88. The molecule has 1 aromatic heterocycles. The summed E-state index contributed by atoms with van der Waals surface area (Å²) in [6.45, 7) is 10.2. The van der Waals surface area contributed by atoms with Gasteiger partial charge in [-0.1, -0.05) is 26.7 Å². The molecule has 0 spiro atoms. The Morgan fingerprint density at radius 2 is 1.90 bits per heavy atom. The molecule has 2 rings (SSSR count). The molecule has 1 saturated carbocycles. The summed E-state index contributed by atoms with van der Waals surface area (Å²) < 4.78 is 0. The summed E-state index contributed by atoms with van der Waals surface area (Å²) >= 11 is 1.92. The van der Waals surface area contributed by atoms with Gasteiger partial charge in [0.2, 0.25) is 0 Å². The van der Waals surface area contributed by atoms with Gasteiger partial charge in [0, 0.05) is 28.4 Å². The number of aryl methyl sites for hydroxylation is 1. The molecule has 1 fully saturated rings. The highest BCUT2D eigenvalue weighted by molar-refractivity contribution is 7.12. The molecule has 0 bridgehead atoms. The number of hydrogen-bond donors (Lipinski definition) is 1. The Morgan fingerprint density at radius 1 is 1.25 bits per heavy atom. The molecular weight excluding hydrogens is 264 g/mol. The van der Waals surface area contributed by atoms with Gasteiger partial charge in [0.25, 0.3) is 0 Å². The normalized spacial score (nSPS) is 19.9. The number of nitrogens with zero attached hydrogens (tertiary/aromatic N) is 1. The summed E-state index contributed by atoms with van der Waals surface area (Å²) in [7, 11) is 0. The first kappa shape index (κ1) is 16.0. The van der Waals surface area contributed by atoms with Crippen molar-refractivity contribution < 1.29 is 0 Å². The molecule has 0 aromatic carbocycles. The summed E-state index contributed by atoms with van der Waals surface area (Å²) in [5.41, 5.74) is 6.39. The van der Waals surface area contributed by atoms with Gasteiger partial charge >= 0.3 is 0 Å². The van der Waals surface area contributed by atoms with Crippen molar-refractivity contribution >= 4 is 11.3 Å². The van der Waals surface area contributed by atoms with Gasteiger partial charge in [0.05, 0.1) is 6.04 Å². The molecule has 0 amide bonds. The zero-order chi connectivity index (χ0) is 14.7. The minimum atomic E-state index is 0.187. The second-order valence-electron chi connectivity index (χ2n) is 6.78. The maximum atomic E-state index is 6.39. The van der Waals surface area contributed by atoms with Crippen molar-refractivity contribution in [3.05, 3.63) is 21.9 Å². The van der Waals surface area contributed by atoms with Crippen LogP contribution in [0.1, 0.15) is 62.3 Å². The number of rotatable bonds is 6. The second-order valence-corrected chi connectivity index (χ2v) is 8.10. The topological polar surface area (TPSA) is 29.3 Å². The van der Waals surface area contributed by atoms with E-state index in [4.69, 9.17) is 5.73 Å². The Bertz CT molecular complexity index is 405. The van der Waals surface area contributed by atoms with E-state index in [1.165, 1.54) is 35.4 Å². The van der Waals surface area contributed by atoms with Crippen LogP contribution in [0.5, 0.6) is 0 Å². The predicted octanol–water partition coefficient (Wildman–Crippen LogP) is 4.35. The smallest absolute Gasteiger partial charge is 0.0593 e. The number of nitrogens with two attached hydrogens (primary N) is 1. The summed E-state index contributed by atoms with van der Waals surface area (Å²) in [5, 5.41) is 0. The molecule has 3 heteroatoms. The Hall–Kier alpha value is -0.380. The van der Waals surface area contributed by atoms with Crippen LogP contribution in [-0.4, -0.2) is 23.5 Å². The van der Waals surface area contributed by atoms with E-state index in [9.17, 15) is 0 Å². The molecule has 0 saturated heterocycles. The molecule has 2 unspecified atom stereocenters. The quantitative estimate of drug-likeness (QED) is 0.845. The summed E-state index contributed by atoms with van der Waals surface area (Å²) in [5.74, 6) is 0.693. The molecule has 114 valence electrons. The van der Waals surface area contributed by atoms with E-state index in [0.717, 1.165) is 12.6 Å². The fraction of sp³-hybridized carbons (Fsp3) is 0.765. The highest BCUT2D eigenvalue weighted by Crippen LogP contribution is 2.36. The van der Waals surface area contributed by atoms with Crippen molar-refractivity contribution in [3.8, 4) is 0 Å². The van der Waals surface area contributed by atoms with Gasteiger partial charge in [0.1, 0.15) is 0 Å². The monoisotopic (exact) mass is 294 g/mol. The molecule has 1 aliphatic carbocycles. The van der Waals surface area contributed by atoms with Gasteiger partial charge in [-0.25, -0.2) is 0 Å². The number of thiophene rings is 1. The molecule has 2 N–H and O–H groups in total. The third-order valence-corrected chi connectivity index (χ3v) is 5.35.